The number of nitrogens with one attached hydrogen (secondary N) is 1. The molecule has 4 heteroatoms. The van der Waals surface area contributed by atoms with Crippen LogP contribution in [0.4, 0.5) is 0 Å². The molecule has 1 aromatic rings. The van der Waals surface area contributed by atoms with Gasteiger partial charge in [-0.05, 0) is 29.7 Å². The highest BCUT2D eigenvalue weighted by Gasteiger charge is 2.25. The zero-order valence-corrected chi connectivity index (χ0v) is 10.8. The van der Waals surface area contributed by atoms with Crippen molar-refractivity contribution in [3.8, 4) is 5.75 Å². The van der Waals surface area contributed by atoms with Crippen LogP contribution >= 0.6 is 15.9 Å². The minimum atomic E-state index is 0.100. The summed E-state index contributed by atoms with van der Waals surface area (Å²) in [5.41, 5.74) is 2.46. The molecule has 0 bridgehead atoms. The molecule has 16 heavy (non-hydrogen) atoms. The molecule has 2 unspecified atom stereocenters. The molecule has 0 radical (unpaired) electrons. The lowest BCUT2D eigenvalue weighted by Gasteiger charge is -2.20. The fourth-order valence-electron chi connectivity index (χ4n) is 2.12. The van der Waals surface area contributed by atoms with E-state index in [4.69, 9.17) is 4.74 Å². The Labute approximate surface area is 104 Å². The van der Waals surface area contributed by atoms with E-state index >= 15 is 0 Å². The lowest BCUT2D eigenvalue weighted by molar-refractivity contribution is 0.258. The number of hydrogen-bond acceptors (Lipinski definition) is 3. The van der Waals surface area contributed by atoms with E-state index in [1.807, 2.05) is 6.07 Å². The van der Waals surface area contributed by atoms with E-state index < -0.39 is 0 Å². The highest BCUT2D eigenvalue weighted by molar-refractivity contribution is 9.09. The number of aliphatic hydroxyl groups is 1. The molecule has 0 fully saturated rings. The van der Waals surface area contributed by atoms with Crippen molar-refractivity contribution in [1.29, 1.82) is 0 Å². The summed E-state index contributed by atoms with van der Waals surface area (Å²) in [5, 5.41) is 12.8. The minimum Gasteiger partial charge on any atom is -0.497 e. The van der Waals surface area contributed by atoms with E-state index in [0.29, 0.717) is 0 Å². The molecule has 2 atom stereocenters. The molecule has 2 N–H and O–H groups in total. The van der Waals surface area contributed by atoms with Gasteiger partial charge in [0.25, 0.3) is 0 Å². The highest BCUT2D eigenvalue weighted by atomic mass is 79.9. The summed E-state index contributed by atoms with van der Waals surface area (Å²) in [4.78, 5) is 0.132. The molecule has 2 rings (SSSR count). The molecule has 0 spiro atoms. The van der Waals surface area contributed by atoms with Gasteiger partial charge in [0.05, 0.1) is 18.7 Å². The van der Waals surface area contributed by atoms with Gasteiger partial charge >= 0.3 is 0 Å². The molecular formula is C12H16BrNO2. The van der Waals surface area contributed by atoms with Crippen molar-refractivity contribution >= 4 is 15.9 Å². The van der Waals surface area contributed by atoms with E-state index in [0.717, 1.165) is 18.7 Å². The Bertz CT molecular complexity index is 370. The van der Waals surface area contributed by atoms with Crippen LogP contribution in [-0.2, 0) is 6.42 Å². The average Bonchev–Trinajstić information content (AvgIpc) is 2.46. The second-order valence-corrected chi connectivity index (χ2v) is 4.95. The third-order valence-electron chi connectivity index (χ3n) is 3.03. The van der Waals surface area contributed by atoms with Crippen LogP contribution in [0, 0.1) is 0 Å². The fourth-order valence-corrected chi connectivity index (χ4v) is 2.80. The maximum absolute atomic E-state index is 9.46. The Kier molecular flexibility index (Phi) is 3.84. The smallest absolute Gasteiger partial charge is 0.119 e. The molecule has 1 aliphatic rings. The SMILES string of the molecule is COc1ccc2c(c1)CCNC(Br)C2CO. The van der Waals surface area contributed by atoms with Gasteiger partial charge in [-0.25, -0.2) is 0 Å². The van der Waals surface area contributed by atoms with Crippen molar-refractivity contribution in [3.63, 3.8) is 0 Å². The average molecular weight is 286 g/mol. The van der Waals surface area contributed by atoms with Gasteiger partial charge in [0.1, 0.15) is 5.75 Å². The molecule has 88 valence electrons. The van der Waals surface area contributed by atoms with Crippen LogP contribution in [0.5, 0.6) is 5.75 Å². The second kappa shape index (κ2) is 5.17. The van der Waals surface area contributed by atoms with E-state index in [9.17, 15) is 5.11 Å². The highest BCUT2D eigenvalue weighted by Crippen LogP contribution is 2.31. The Hall–Kier alpha value is -0.580. The third-order valence-corrected chi connectivity index (χ3v) is 4.00. The molecule has 0 saturated heterocycles. The van der Waals surface area contributed by atoms with Crippen LogP contribution < -0.4 is 10.1 Å². The summed E-state index contributed by atoms with van der Waals surface area (Å²) >= 11 is 3.57. The van der Waals surface area contributed by atoms with Crippen molar-refractivity contribution in [1.82, 2.24) is 5.32 Å². The summed E-state index contributed by atoms with van der Waals surface area (Å²) in [6.07, 6.45) is 0.963. The van der Waals surface area contributed by atoms with Crippen LogP contribution in [0.2, 0.25) is 0 Å². The summed E-state index contributed by atoms with van der Waals surface area (Å²) in [6, 6.07) is 6.06. The monoisotopic (exact) mass is 285 g/mol. The fraction of sp³-hybridized carbons (Fsp3) is 0.500. The van der Waals surface area contributed by atoms with E-state index in [2.05, 4.69) is 33.4 Å². The number of methoxy groups -OCH3 is 1. The van der Waals surface area contributed by atoms with E-state index in [-0.39, 0.29) is 17.5 Å². The van der Waals surface area contributed by atoms with Gasteiger partial charge in [0.15, 0.2) is 0 Å². The maximum Gasteiger partial charge on any atom is 0.119 e. The predicted octanol–water partition coefficient (Wildman–Crippen LogP) is 1.64. The van der Waals surface area contributed by atoms with E-state index in [1.54, 1.807) is 7.11 Å². The third kappa shape index (κ3) is 2.24. The molecule has 1 heterocycles. The van der Waals surface area contributed by atoms with Crippen LogP contribution in [-0.4, -0.2) is 30.3 Å². The summed E-state index contributed by atoms with van der Waals surface area (Å²) < 4.78 is 5.22. The van der Waals surface area contributed by atoms with Gasteiger partial charge in [-0.2, -0.15) is 0 Å². The van der Waals surface area contributed by atoms with Crippen molar-refractivity contribution in [2.24, 2.45) is 0 Å². The Morgan fingerprint density at radius 2 is 2.38 bits per heavy atom. The van der Waals surface area contributed by atoms with Gasteiger partial charge in [-0.1, -0.05) is 22.0 Å². The number of halogens is 1. The van der Waals surface area contributed by atoms with Gasteiger partial charge in [-0.15, -0.1) is 0 Å². The van der Waals surface area contributed by atoms with Gasteiger partial charge < -0.3 is 15.2 Å². The quantitative estimate of drug-likeness (QED) is 0.641. The molecular weight excluding hydrogens is 270 g/mol. The van der Waals surface area contributed by atoms with Crippen LogP contribution in [0.15, 0.2) is 18.2 Å². The number of benzene rings is 1. The van der Waals surface area contributed by atoms with Crippen molar-refractivity contribution in [3.05, 3.63) is 29.3 Å². The number of aliphatic hydroxyl groups excluding tert-OH is 1. The van der Waals surface area contributed by atoms with Crippen LogP contribution in [0.1, 0.15) is 17.0 Å². The minimum absolute atomic E-state index is 0.100. The number of rotatable bonds is 2. The molecule has 0 amide bonds. The van der Waals surface area contributed by atoms with E-state index in [1.165, 1.54) is 11.1 Å². The normalized spacial score (nSPS) is 24.7. The Morgan fingerprint density at radius 1 is 1.56 bits per heavy atom. The summed E-state index contributed by atoms with van der Waals surface area (Å²) in [5.74, 6) is 0.979. The topological polar surface area (TPSA) is 41.5 Å². The molecule has 3 nitrogen and oxygen atoms in total. The van der Waals surface area contributed by atoms with Crippen molar-refractivity contribution in [2.75, 3.05) is 20.3 Å². The first-order chi connectivity index (χ1) is 7.76. The maximum atomic E-state index is 9.46. The Balaban J connectivity index is 2.40. The molecule has 1 aliphatic heterocycles. The summed E-state index contributed by atoms with van der Waals surface area (Å²) in [7, 11) is 1.67. The second-order valence-electron chi connectivity index (χ2n) is 3.96. The lowest BCUT2D eigenvalue weighted by Crippen LogP contribution is -2.30. The number of alkyl halides is 1. The van der Waals surface area contributed by atoms with Gasteiger partial charge in [0.2, 0.25) is 0 Å². The predicted molar refractivity (Wildman–Crippen MR) is 67.2 cm³/mol. The zero-order valence-electron chi connectivity index (χ0n) is 9.24. The number of hydrogen-bond donors (Lipinski definition) is 2. The summed E-state index contributed by atoms with van der Waals surface area (Å²) in [6.45, 7) is 1.05. The molecule has 1 aromatic carbocycles. The van der Waals surface area contributed by atoms with Crippen molar-refractivity contribution < 1.29 is 9.84 Å². The first kappa shape index (κ1) is 11.9. The molecule has 0 saturated carbocycles. The Morgan fingerprint density at radius 3 is 3.06 bits per heavy atom. The van der Waals surface area contributed by atoms with Crippen molar-refractivity contribution in [2.45, 2.75) is 17.3 Å². The van der Waals surface area contributed by atoms with Gasteiger partial charge in [0, 0.05) is 12.5 Å². The first-order valence-corrected chi connectivity index (χ1v) is 6.33. The standard InChI is InChI=1S/C12H16BrNO2/c1-16-9-2-3-10-8(6-9)4-5-14-12(13)11(10)7-15/h2-3,6,11-12,14-15H,4-5,7H2,1H3. The van der Waals surface area contributed by atoms with Gasteiger partial charge in [-0.3, -0.25) is 0 Å². The number of ether oxygens (including phenoxy) is 1. The number of fused-ring (bicyclic) bond motifs is 1. The van der Waals surface area contributed by atoms with Crippen LogP contribution in [0.25, 0.3) is 0 Å². The lowest BCUT2D eigenvalue weighted by atomic mass is 9.94. The molecule has 0 aromatic heterocycles. The molecule has 0 aliphatic carbocycles. The van der Waals surface area contributed by atoms with Crippen LogP contribution in [0.3, 0.4) is 0 Å². The largest absolute Gasteiger partial charge is 0.497 e. The zero-order chi connectivity index (χ0) is 11.5. The first-order valence-electron chi connectivity index (χ1n) is 5.41.